The third-order valence-electron chi connectivity index (χ3n) is 2.96. The quantitative estimate of drug-likeness (QED) is 0.908. The molecule has 0 aliphatic rings. The Labute approximate surface area is 113 Å². The first-order valence-corrected chi connectivity index (χ1v) is 6.29. The summed E-state index contributed by atoms with van der Waals surface area (Å²) in [5, 5.41) is 0. The molecule has 2 rings (SSSR count). The van der Waals surface area contributed by atoms with E-state index in [0.29, 0.717) is 6.61 Å². The zero-order valence-electron chi connectivity index (χ0n) is 11.2. The Kier molecular flexibility index (Phi) is 4.17. The van der Waals surface area contributed by atoms with Gasteiger partial charge < -0.3 is 10.5 Å². The molecule has 2 aromatic carbocycles. The van der Waals surface area contributed by atoms with Crippen molar-refractivity contribution >= 4 is 0 Å². The highest BCUT2D eigenvalue weighted by atomic mass is 19.1. The molecule has 19 heavy (non-hydrogen) atoms. The van der Waals surface area contributed by atoms with Gasteiger partial charge in [0.05, 0.1) is 0 Å². The van der Waals surface area contributed by atoms with Gasteiger partial charge in [-0.2, -0.15) is 0 Å². The Morgan fingerprint density at radius 1 is 1.21 bits per heavy atom. The summed E-state index contributed by atoms with van der Waals surface area (Å²) in [4.78, 5) is 0. The Morgan fingerprint density at radius 3 is 2.63 bits per heavy atom. The Morgan fingerprint density at radius 2 is 2.00 bits per heavy atom. The number of hydrogen-bond acceptors (Lipinski definition) is 2. The largest absolute Gasteiger partial charge is 0.486 e. The predicted octanol–water partition coefficient (Wildman–Crippen LogP) is 3.73. The summed E-state index contributed by atoms with van der Waals surface area (Å²) in [6.45, 7) is 4.19. The van der Waals surface area contributed by atoms with Crippen molar-refractivity contribution in [1.82, 2.24) is 0 Å². The van der Waals surface area contributed by atoms with Crippen LogP contribution in [0.25, 0.3) is 0 Å². The lowest BCUT2D eigenvalue weighted by Gasteiger charge is -2.10. The fourth-order valence-electron chi connectivity index (χ4n) is 1.88. The van der Waals surface area contributed by atoms with Crippen molar-refractivity contribution in [3.8, 4) is 5.75 Å². The monoisotopic (exact) mass is 259 g/mol. The first-order valence-electron chi connectivity index (χ1n) is 6.29. The third-order valence-corrected chi connectivity index (χ3v) is 2.96. The van der Waals surface area contributed by atoms with Crippen molar-refractivity contribution in [1.29, 1.82) is 0 Å². The summed E-state index contributed by atoms with van der Waals surface area (Å²) >= 11 is 0. The van der Waals surface area contributed by atoms with E-state index in [4.69, 9.17) is 10.5 Å². The summed E-state index contributed by atoms with van der Waals surface area (Å²) in [6, 6.07) is 12.6. The highest BCUT2D eigenvalue weighted by Crippen LogP contribution is 2.22. The third kappa shape index (κ3) is 3.55. The van der Waals surface area contributed by atoms with Crippen LogP contribution in [0.2, 0.25) is 0 Å². The molecule has 0 bridgehead atoms. The van der Waals surface area contributed by atoms with E-state index in [2.05, 4.69) is 0 Å². The smallest absolute Gasteiger partial charge is 0.165 e. The first-order chi connectivity index (χ1) is 9.06. The first kappa shape index (κ1) is 13.6. The molecule has 3 heteroatoms. The molecule has 0 aromatic heterocycles. The molecular weight excluding hydrogens is 241 g/mol. The molecule has 0 saturated carbocycles. The van der Waals surface area contributed by atoms with Gasteiger partial charge in [-0.15, -0.1) is 0 Å². The van der Waals surface area contributed by atoms with E-state index >= 15 is 0 Å². The summed E-state index contributed by atoms with van der Waals surface area (Å²) in [7, 11) is 0. The van der Waals surface area contributed by atoms with Gasteiger partial charge in [0.15, 0.2) is 11.6 Å². The second-order valence-electron chi connectivity index (χ2n) is 4.76. The lowest BCUT2D eigenvalue weighted by molar-refractivity contribution is 0.290. The molecule has 0 amide bonds. The lowest BCUT2D eigenvalue weighted by atomic mass is 10.1. The van der Waals surface area contributed by atoms with E-state index in [9.17, 15) is 4.39 Å². The van der Waals surface area contributed by atoms with E-state index in [1.54, 1.807) is 12.1 Å². The molecule has 0 spiro atoms. The van der Waals surface area contributed by atoms with Crippen LogP contribution in [0, 0.1) is 12.7 Å². The van der Waals surface area contributed by atoms with Gasteiger partial charge in [0, 0.05) is 6.04 Å². The topological polar surface area (TPSA) is 35.2 Å². The predicted molar refractivity (Wildman–Crippen MR) is 74.5 cm³/mol. The highest BCUT2D eigenvalue weighted by molar-refractivity contribution is 5.31. The number of halogens is 1. The van der Waals surface area contributed by atoms with Crippen LogP contribution in [-0.2, 0) is 6.61 Å². The number of aryl methyl sites for hydroxylation is 1. The van der Waals surface area contributed by atoms with Gasteiger partial charge in [-0.05, 0) is 37.1 Å². The maximum Gasteiger partial charge on any atom is 0.165 e. The Hall–Kier alpha value is -1.87. The Balaban J connectivity index is 2.07. The second-order valence-corrected chi connectivity index (χ2v) is 4.76. The van der Waals surface area contributed by atoms with E-state index in [1.807, 2.05) is 38.1 Å². The zero-order chi connectivity index (χ0) is 13.8. The summed E-state index contributed by atoms with van der Waals surface area (Å²) in [5.74, 6) is -0.117. The van der Waals surface area contributed by atoms with Crippen molar-refractivity contribution in [2.45, 2.75) is 26.5 Å². The molecule has 2 N–H and O–H groups in total. The molecule has 0 aliphatic carbocycles. The zero-order valence-corrected chi connectivity index (χ0v) is 11.2. The molecule has 0 unspecified atom stereocenters. The van der Waals surface area contributed by atoms with Gasteiger partial charge >= 0.3 is 0 Å². The number of hydrogen-bond donors (Lipinski definition) is 1. The summed E-state index contributed by atoms with van der Waals surface area (Å²) in [6.07, 6.45) is 0. The van der Waals surface area contributed by atoms with E-state index in [0.717, 1.165) is 16.7 Å². The molecule has 2 aromatic rings. The van der Waals surface area contributed by atoms with Gasteiger partial charge in [-0.1, -0.05) is 35.9 Å². The van der Waals surface area contributed by atoms with E-state index < -0.39 is 0 Å². The summed E-state index contributed by atoms with van der Waals surface area (Å²) in [5.41, 5.74) is 8.66. The standard InChI is InChI=1S/C16H18FNO/c1-11-4-3-5-13(8-11)10-19-16-7-6-14(12(2)18)9-15(16)17/h3-9,12H,10,18H2,1-2H3/t12-/m0/s1. The summed E-state index contributed by atoms with van der Waals surface area (Å²) < 4.78 is 19.3. The highest BCUT2D eigenvalue weighted by Gasteiger charge is 2.07. The Bertz CT molecular complexity index is 566. The van der Waals surface area contributed by atoms with Crippen LogP contribution in [0.5, 0.6) is 5.75 Å². The molecule has 0 radical (unpaired) electrons. The van der Waals surface area contributed by atoms with Crippen LogP contribution in [0.1, 0.15) is 29.7 Å². The maximum atomic E-state index is 13.8. The SMILES string of the molecule is Cc1cccc(COc2ccc([C@H](C)N)cc2F)c1. The van der Waals surface area contributed by atoms with Gasteiger partial charge in [0.2, 0.25) is 0 Å². The van der Waals surface area contributed by atoms with Crippen LogP contribution in [0.15, 0.2) is 42.5 Å². The van der Waals surface area contributed by atoms with Gasteiger partial charge in [-0.3, -0.25) is 0 Å². The van der Waals surface area contributed by atoms with Crippen LogP contribution in [-0.4, -0.2) is 0 Å². The number of nitrogens with two attached hydrogens (primary N) is 1. The number of ether oxygens (including phenoxy) is 1. The van der Waals surface area contributed by atoms with Crippen LogP contribution in [0.4, 0.5) is 4.39 Å². The second kappa shape index (κ2) is 5.85. The number of rotatable bonds is 4. The van der Waals surface area contributed by atoms with Crippen molar-refractivity contribution < 1.29 is 9.13 Å². The van der Waals surface area contributed by atoms with E-state index in [1.165, 1.54) is 6.07 Å². The van der Waals surface area contributed by atoms with Crippen molar-refractivity contribution in [2.75, 3.05) is 0 Å². The molecule has 0 aliphatic heterocycles. The normalized spacial score (nSPS) is 12.2. The molecule has 0 heterocycles. The van der Waals surface area contributed by atoms with Crippen LogP contribution >= 0.6 is 0 Å². The molecule has 0 saturated heterocycles. The van der Waals surface area contributed by atoms with Gasteiger partial charge in [-0.25, -0.2) is 4.39 Å². The molecule has 0 fully saturated rings. The minimum absolute atomic E-state index is 0.180. The molecule has 100 valence electrons. The lowest BCUT2D eigenvalue weighted by Crippen LogP contribution is -2.06. The van der Waals surface area contributed by atoms with Crippen LogP contribution < -0.4 is 10.5 Å². The molecule has 1 atom stereocenters. The van der Waals surface area contributed by atoms with Crippen molar-refractivity contribution in [3.05, 3.63) is 65.0 Å². The van der Waals surface area contributed by atoms with Crippen LogP contribution in [0.3, 0.4) is 0 Å². The maximum absolute atomic E-state index is 13.8. The fraction of sp³-hybridized carbons (Fsp3) is 0.250. The minimum atomic E-state index is -0.373. The molecular formula is C16H18FNO. The fourth-order valence-corrected chi connectivity index (χ4v) is 1.88. The van der Waals surface area contributed by atoms with Gasteiger partial charge in [0.25, 0.3) is 0 Å². The molecule has 2 nitrogen and oxygen atoms in total. The van der Waals surface area contributed by atoms with Gasteiger partial charge in [0.1, 0.15) is 6.61 Å². The number of benzene rings is 2. The minimum Gasteiger partial charge on any atom is -0.486 e. The average molecular weight is 259 g/mol. The van der Waals surface area contributed by atoms with Crippen molar-refractivity contribution in [3.63, 3.8) is 0 Å². The van der Waals surface area contributed by atoms with E-state index in [-0.39, 0.29) is 17.6 Å². The van der Waals surface area contributed by atoms with Crippen molar-refractivity contribution in [2.24, 2.45) is 5.73 Å². The average Bonchev–Trinajstić information content (AvgIpc) is 2.37.